The van der Waals surface area contributed by atoms with Crippen LogP contribution < -0.4 is 14.8 Å². The van der Waals surface area contributed by atoms with E-state index in [1.807, 2.05) is 31.2 Å². The van der Waals surface area contributed by atoms with E-state index in [-0.39, 0.29) is 12.7 Å². The van der Waals surface area contributed by atoms with Gasteiger partial charge in [0.15, 0.2) is 11.5 Å². The van der Waals surface area contributed by atoms with Gasteiger partial charge in [-0.15, -0.1) is 0 Å². The third-order valence-corrected chi connectivity index (χ3v) is 4.57. The number of aromatic amines is 1. The minimum absolute atomic E-state index is 0.0714. The van der Waals surface area contributed by atoms with Crippen LogP contribution in [0.3, 0.4) is 0 Å². The highest BCUT2D eigenvalue weighted by molar-refractivity contribution is 9.10. The lowest BCUT2D eigenvalue weighted by atomic mass is 10.1. The summed E-state index contributed by atoms with van der Waals surface area (Å²) in [4.78, 5) is 15.8. The van der Waals surface area contributed by atoms with Gasteiger partial charge in [0.25, 0.3) is 0 Å². The number of halogens is 1. The Morgan fingerprint density at radius 2 is 2.04 bits per heavy atom. The van der Waals surface area contributed by atoms with E-state index in [2.05, 4.69) is 26.2 Å². The molecule has 1 aliphatic rings. The Labute approximate surface area is 147 Å². The molecule has 0 bridgehead atoms. The molecule has 0 aliphatic carbocycles. The number of ether oxygens (including phenoxy) is 2. The largest absolute Gasteiger partial charge is 0.454 e. The molecular formula is C18H15BrN2O3. The summed E-state index contributed by atoms with van der Waals surface area (Å²) in [6.45, 7) is 2.20. The van der Waals surface area contributed by atoms with Crippen molar-refractivity contribution in [2.45, 2.75) is 13.3 Å². The topological polar surface area (TPSA) is 63.4 Å². The van der Waals surface area contributed by atoms with Crippen molar-refractivity contribution in [3.63, 3.8) is 0 Å². The number of hydrogen-bond donors (Lipinski definition) is 2. The first-order chi connectivity index (χ1) is 11.6. The van der Waals surface area contributed by atoms with Crippen LogP contribution in [0, 0.1) is 6.92 Å². The molecule has 1 amide bonds. The van der Waals surface area contributed by atoms with Crippen LogP contribution in [0.25, 0.3) is 10.9 Å². The number of nitrogens with one attached hydrogen (secondary N) is 2. The van der Waals surface area contributed by atoms with Crippen LogP contribution in [0.15, 0.2) is 40.9 Å². The van der Waals surface area contributed by atoms with Gasteiger partial charge in [0.1, 0.15) is 0 Å². The summed E-state index contributed by atoms with van der Waals surface area (Å²) in [5, 5.41) is 3.97. The predicted octanol–water partition coefficient (Wildman–Crippen LogP) is 4.15. The third-order valence-electron chi connectivity index (χ3n) is 4.08. The lowest BCUT2D eigenvalue weighted by Crippen LogP contribution is -2.14. The fraction of sp³-hybridized carbons (Fsp3) is 0.167. The van der Waals surface area contributed by atoms with Crippen LogP contribution in [-0.4, -0.2) is 17.7 Å². The first-order valence-electron chi connectivity index (χ1n) is 7.56. The molecule has 0 saturated heterocycles. The monoisotopic (exact) mass is 386 g/mol. The van der Waals surface area contributed by atoms with Gasteiger partial charge in [-0.2, -0.15) is 0 Å². The molecule has 5 nitrogen and oxygen atoms in total. The van der Waals surface area contributed by atoms with E-state index in [1.165, 1.54) is 0 Å². The molecule has 24 heavy (non-hydrogen) atoms. The number of benzene rings is 2. The maximum absolute atomic E-state index is 12.5. The van der Waals surface area contributed by atoms with Gasteiger partial charge in [-0.3, -0.25) is 4.79 Å². The van der Waals surface area contributed by atoms with Crippen molar-refractivity contribution in [3.8, 4) is 11.5 Å². The van der Waals surface area contributed by atoms with Crippen LogP contribution in [0.5, 0.6) is 11.5 Å². The summed E-state index contributed by atoms with van der Waals surface area (Å²) in [7, 11) is 0. The number of amides is 1. The highest BCUT2D eigenvalue weighted by Gasteiger charge is 2.16. The smallest absolute Gasteiger partial charge is 0.231 e. The van der Waals surface area contributed by atoms with Gasteiger partial charge in [0.05, 0.1) is 6.42 Å². The second-order valence-corrected chi connectivity index (χ2v) is 6.63. The average molecular weight is 387 g/mol. The normalized spacial score (nSPS) is 12.6. The van der Waals surface area contributed by atoms with E-state index in [0.29, 0.717) is 23.6 Å². The van der Waals surface area contributed by atoms with E-state index in [0.717, 1.165) is 26.6 Å². The van der Waals surface area contributed by atoms with E-state index < -0.39 is 0 Å². The SMILES string of the molecule is Cc1[nH]c2ccc(Br)cc2c1CC(=O)Nc1ccc2c(c1)OCO2. The lowest BCUT2D eigenvalue weighted by molar-refractivity contribution is -0.115. The van der Waals surface area contributed by atoms with Gasteiger partial charge in [-0.1, -0.05) is 15.9 Å². The number of fused-ring (bicyclic) bond motifs is 2. The Balaban J connectivity index is 1.56. The van der Waals surface area contributed by atoms with Crippen molar-refractivity contribution >= 4 is 38.4 Å². The van der Waals surface area contributed by atoms with Gasteiger partial charge in [-0.25, -0.2) is 0 Å². The Morgan fingerprint density at radius 3 is 2.92 bits per heavy atom. The highest BCUT2D eigenvalue weighted by atomic mass is 79.9. The summed E-state index contributed by atoms with van der Waals surface area (Å²) >= 11 is 3.48. The molecule has 0 unspecified atom stereocenters. The Hall–Kier alpha value is -2.47. The van der Waals surface area contributed by atoms with Crippen LogP contribution >= 0.6 is 15.9 Å². The minimum Gasteiger partial charge on any atom is -0.454 e. The van der Waals surface area contributed by atoms with Gasteiger partial charge in [0.2, 0.25) is 12.7 Å². The first-order valence-corrected chi connectivity index (χ1v) is 8.35. The molecule has 1 aromatic heterocycles. The van der Waals surface area contributed by atoms with Gasteiger partial charge in [0, 0.05) is 32.8 Å². The predicted molar refractivity (Wildman–Crippen MR) is 95.6 cm³/mol. The van der Waals surface area contributed by atoms with Crippen LogP contribution in [-0.2, 0) is 11.2 Å². The standard InChI is InChI=1S/C18H15BrN2O3/c1-10-13(14-6-11(19)2-4-15(14)20-10)8-18(22)21-12-3-5-16-17(7-12)24-9-23-16/h2-7,20H,8-9H2,1H3,(H,21,22). The van der Waals surface area contributed by atoms with Crippen molar-refractivity contribution in [1.82, 2.24) is 4.98 Å². The molecule has 0 saturated carbocycles. The fourth-order valence-electron chi connectivity index (χ4n) is 2.92. The van der Waals surface area contributed by atoms with Gasteiger partial charge < -0.3 is 19.8 Å². The molecule has 0 radical (unpaired) electrons. The molecule has 6 heteroatoms. The van der Waals surface area contributed by atoms with E-state index >= 15 is 0 Å². The van der Waals surface area contributed by atoms with Crippen LogP contribution in [0.1, 0.15) is 11.3 Å². The molecule has 2 heterocycles. The Kier molecular flexibility index (Phi) is 3.69. The van der Waals surface area contributed by atoms with Crippen LogP contribution in [0.2, 0.25) is 0 Å². The number of rotatable bonds is 3. The second-order valence-electron chi connectivity index (χ2n) is 5.71. The molecule has 0 atom stereocenters. The van der Waals surface area contributed by atoms with Crippen LogP contribution in [0.4, 0.5) is 5.69 Å². The molecule has 4 rings (SSSR count). The number of aromatic nitrogens is 1. The first kappa shape index (κ1) is 15.1. The quantitative estimate of drug-likeness (QED) is 0.710. The summed E-state index contributed by atoms with van der Waals surface area (Å²) < 4.78 is 11.6. The number of H-pyrrole nitrogens is 1. The Bertz CT molecular complexity index is 949. The Morgan fingerprint density at radius 1 is 1.21 bits per heavy atom. The van der Waals surface area contributed by atoms with Gasteiger partial charge >= 0.3 is 0 Å². The van der Waals surface area contributed by atoms with E-state index in [1.54, 1.807) is 12.1 Å². The molecule has 1 aliphatic heterocycles. The summed E-state index contributed by atoms with van der Waals surface area (Å²) in [6, 6.07) is 11.4. The van der Waals surface area contributed by atoms with Crippen molar-refractivity contribution < 1.29 is 14.3 Å². The molecule has 2 N–H and O–H groups in total. The van der Waals surface area contributed by atoms with Crippen molar-refractivity contribution in [1.29, 1.82) is 0 Å². The van der Waals surface area contributed by atoms with Crippen molar-refractivity contribution in [2.24, 2.45) is 0 Å². The van der Waals surface area contributed by atoms with Crippen molar-refractivity contribution in [2.75, 3.05) is 12.1 Å². The molecule has 122 valence electrons. The second kappa shape index (κ2) is 5.87. The molecule has 0 spiro atoms. The number of carbonyl (C=O) groups excluding carboxylic acids is 1. The summed E-state index contributed by atoms with van der Waals surface area (Å²) in [5.74, 6) is 1.28. The lowest BCUT2D eigenvalue weighted by Gasteiger charge is -2.07. The average Bonchev–Trinajstić information content (AvgIpc) is 3.12. The zero-order valence-corrected chi connectivity index (χ0v) is 14.6. The van der Waals surface area contributed by atoms with E-state index in [4.69, 9.17) is 9.47 Å². The molecule has 0 fully saturated rings. The zero-order valence-electron chi connectivity index (χ0n) is 13.0. The number of aryl methyl sites for hydroxylation is 1. The maximum Gasteiger partial charge on any atom is 0.231 e. The molecule has 3 aromatic rings. The highest BCUT2D eigenvalue weighted by Crippen LogP contribution is 2.34. The molecule has 2 aromatic carbocycles. The number of anilines is 1. The number of hydrogen-bond acceptors (Lipinski definition) is 3. The zero-order chi connectivity index (χ0) is 16.7. The molecular weight excluding hydrogens is 372 g/mol. The third kappa shape index (κ3) is 2.73. The fourth-order valence-corrected chi connectivity index (χ4v) is 3.28. The summed E-state index contributed by atoms with van der Waals surface area (Å²) in [5.41, 5.74) is 3.73. The summed E-state index contributed by atoms with van der Waals surface area (Å²) in [6.07, 6.45) is 0.302. The maximum atomic E-state index is 12.5. The number of carbonyl (C=O) groups is 1. The minimum atomic E-state index is -0.0714. The van der Waals surface area contributed by atoms with E-state index in [9.17, 15) is 4.79 Å². The van der Waals surface area contributed by atoms with Crippen molar-refractivity contribution in [3.05, 3.63) is 52.1 Å². The van der Waals surface area contributed by atoms with Gasteiger partial charge in [-0.05, 0) is 42.8 Å².